The van der Waals surface area contributed by atoms with Crippen LogP contribution in [0.3, 0.4) is 0 Å². The van der Waals surface area contributed by atoms with Crippen LogP contribution in [-0.2, 0) is 15.9 Å². The van der Waals surface area contributed by atoms with Gasteiger partial charge in [0, 0.05) is 26.4 Å². The summed E-state index contributed by atoms with van der Waals surface area (Å²) >= 11 is 0. The molecule has 1 aliphatic carbocycles. The van der Waals surface area contributed by atoms with Crippen molar-refractivity contribution in [3.05, 3.63) is 64.7 Å². The number of rotatable bonds is 7. The van der Waals surface area contributed by atoms with Crippen LogP contribution in [0.25, 0.3) is 0 Å². The molecule has 3 unspecified atom stereocenters. The lowest BCUT2D eigenvalue weighted by Gasteiger charge is -2.32. The molecule has 1 saturated heterocycles. The molecule has 32 heavy (non-hydrogen) atoms. The molecule has 2 N–H and O–H groups in total. The molecule has 5 nitrogen and oxygen atoms in total. The Bertz CT molecular complexity index is 865. The van der Waals surface area contributed by atoms with Crippen molar-refractivity contribution in [3.63, 3.8) is 0 Å². The van der Waals surface area contributed by atoms with Gasteiger partial charge in [0.1, 0.15) is 11.9 Å². The Balaban J connectivity index is 1.41. The summed E-state index contributed by atoms with van der Waals surface area (Å²) < 4.78 is 17.7. The van der Waals surface area contributed by atoms with Gasteiger partial charge in [-0.15, -0.1) is 0 Å². The molecule has 2 fully saturated rings. The monoisotopic (exact) mass is 440 g/mol. The van der Waals surface area contributed by atoms with Crippen molar-refractivity contribution in [1.29, 1.82) is 0 Å². The first-order valence-electron chi connectivity index (χ1n) is 11.9. The van der Waals surface area contributed by atoms with Gasteiger partial charge in [-0.25, -0.2) is 0 Å². The van der Waals surface area contributed by atoms with E-state index < -0.39 is 6.10 Å². The Hall–Kier alpha value is -1.92. The first kappa shape index (κ1) is 23.2. The third kappa shape index (κ3) is 5.90. The van der Waals surface area contributed by atoms with E-state index in [4.69, 9.17) is 14.2 Å². The van der Waals surface area contributed by atoms with Gasteiger partial charge in [0.15, 0.2) is 0 Å². The largest absolute Gasteiger partial charge is 0.490 e. The molecule has 0 aromatic heterocycles. The maximum Gasteiger partial charge on any atom is 0.119 e. The number of hydrogen-bond acceptors (Lipinski definition) is 5. The minimum atomic E-state index is -0.438. The van der Waals surface area contributed by atoms with Gasteiger partial charge in [0.05, 0.1) is 31.0 Å². The highest BCUT2D eigenvalue weighted by Gasteiger charge is 2.29. The first-order chi connectivity index (χ1) is 15.5. The molecule has 5 heteroatoms. The Labute approximate surface area is 191 Å². The van der Waals surface area contributed by atoms with E-state index in [0.717, 1.165) is 43.4 Å². The second-order valence-corrected chi connectivity index (χ2v) is 9.33. The Kier molecular flexibility index (Phi) is 7.84. The van der Waals surface area contributed by atoms with Crippen molar-refractivity contribution < 1.29 is 24.4 Å². The first-order valence-corrected chi connectivity index (χ1v) is 11.9. The fourth-order valence-corrected chi connectivity index (χ4v) is 4.93. The number of methoxy groups -OCH3 is 1. The van der Waals surface area contributed by atoms with Gasteiger partial charge in [0.2, 0.25) is 0 Å². The van der Waals surface area contributed by atoms with Gasteiger partial charge < -0.3 is 24.4 Å². The smallest absolute Gasteiger partial charge is 0.119 e. The van der Waals surface area contributed by atoms with Crippen LogP contribution in [-0.4, -0.2) is 48.3 Å². The molecule has 0 amide bonds. The van der Waals surface area contributed by atoms with Crippen molar-refractivity contribution in [1.82, 2.24) is 0 Å². The van der Waals surface area contributed by atoms with Crippen LogP contribution in [0.5, 0.6) is 5.75 Å². The minimum absolute atomic E-state index is 0.0618. The summed E-state index contributed by atoms with van der Waals surface area (Å²) in [5.41, 5.74) is 4.77. The SMILES string of the molecule is COC1CCCC(Oc2ccc(Cc3cc([C@H]4CC(O)C[C@@H](CO)O4)ccc3C)cc2)C1. The van der Waals surface area contributed by atoms with Crippen molar-refractivity contribution in [2.45, 2.75) is 82.4 Å². The van der Waals surface area contributed by atoms with Crippen molar-refractivity contribution in [2.75, 3.05) is 13.7 Å². The van der Waals surface area contributed by atoms with E-state index >= 15 is 0 Å². The molecule has 1 heterocycles. The topological polar surface area (TPSA) is 68.2 Å². The van der Waals surface area contributed by atoms with Crippen LogP contribution < -0.4 is 4.74 Å². The van der Waals surface area contributed by atoms with Crippen LogP contribution >= 0.6 is 0 Å². The second kappa shape index (κ2) is 10.8. The number of aryl methyl sites for hydroxylation is 1. The molecule has 2 aliphatic rings. The van der Waals surface area contributed by atoms with Gasteiger partial charge >= 0.3 is 0 Å². The molecular weight excluding hydrogens is 404 g/mol. The zero-order valence-electron chi connectivity index (χ0n) is 19.2. The average Bonchev–Trinajstić information content (AvgIpc) is 2.81. The third-order valence-electron chi connectivity index (χ3n) is 6.86. The molecule has 2 aromatic carbocycles. The van der Waals surface area contributed by atoms with E-state index in [0.29, 0.717) is 18.9 Å². The number of aliphatic hydroxyl groups excluding tert-OH is 2. The zero-order chi connectivity index (χ0) is 22.5. The molecule has 0 bridgehead atoms. The molecule has 0 radical (unpaired) electrons. The van der Waals surface area contributed by atoms with Crippen LogP contribution in [0, 0.1) is 6.92 Å². The van der Waals surface area contributed by atoms with Crippen LogP contribution in [0.15, 0.2) is 42.5 Å². The number of benzene rings is 2. The summed E-state index contributed by atoms with van der Waals surface area (Å²) in [5, 5.41) is 19.6. The lowest BCUT2D eigenvalue weighted by atomic mass is 9.92. The van der Waals surface area contributed by atoms with E-state index in [2.05, 4.69) is 49.4 Å². The summed E-state index contributed by atoms with van der Waals surface area (Å²) in [6.07, 6.45) is 5.82. The maximum atomic E-state index is 10.2. The van der Waals surface area contributed by atoms with Gasteiger partial charge in [-0.05, 0) is 67.0 Å². The fourth-order valence-electron chi connectivity index (χ4n) is 4.93. The second-order valence-electron chi connectivity index (χ2n) is 9.33. The third-order valence-corrected chi connectivity index (χ3v) is 6.86. The summed E-state index contributed by atoms with van der Waals surface area (Å²) in [4.78, 5) is 0. The van der Waals surface area contributed by atoms with E-state index in [1.54, 1.807) is 7.11 Å². The predicted molar refractivity (Wildman–Crippen MR) is 124 cm³/mol. The highest BCUT2D eigenvalue weighted by molar-refractivity contribution is 5.38. The number of hydrogen-bond donors (Lipinski definition) is 2. The Morgan fingerprint density at radius 2 is 1.78 bits per heavy atom. The van der Waals surface area contributed by atoms with Crippen LogP contribution in [0.1, 0.15) is 66.9 Å². The van der Waals surface area contributed by atoms with Gasteiger partial charge in [-0.1, -0.05) is 30.3 Å². The molecule has 1 saturated carbocycles. The molecule has 0 spiro atoms. The van der Waals surface area contributed by atoms with Gasteiger partial charge in [0.25, 0.3) is 0 Å². The molecule has 4 rings (SSSR count). The highest BCUT2D eigenvalue weighted by Crippen LogP contribution is 2.33. The van der Waals surface area contributed by atoms with E-state index in [1.165, 1.54) is 16.7 Å². The Morgan fingerprint density at radius 3 is 2.53 bits per heavy atom. The van der Waals surface area contributed by atoms with Gasteiger partial charge in [-0.3, -0.25) is 0 Å². The van der Waals surface area contributed by atoms with E-state index in [9.17, 15) is 10.2 Å². The molecule has 5 atom stereocenters. The maximum absolute atomic E-state index is 10.2. The molecule has 2 aromatic rings. The van der Waals surface area contributed by atoms with Crippen molar-refractivity contribution >= 4 is 0 Å². The van der Waals surface area contributed by atoms with Crippen molar-refractivity contribution in [3.8, 4) is 5.75 Å². The zero-order valence-corrected chi connectivity index (χ0v) is 19.2. The fraction of sp³-hybridized carbons (Fsp3) is 0.556. The summed E-state index contributed by atoms with van der Waals surface area (Å²) in [6, 6.07) is 14.8. The lowest BCUT2D eigenvalue weighted by Crippen LogP contribution is -2.33. The normalized spacial score (nSPS) is 28.4. The Morgan fingerprint density at radius 1 is 1.00 bits per heavy atom. The van der Waals surface area contributed by atoms with Gasteiger partial charge in [-0.2, -0.15) is 0 Å². The predicted octanol–water partition coefficient (Wildman–Crippen LogP) is 4.50. The minimum Gasteiger partial charge on any atom is -0.490 e. The van der Waals surface area contributed by atoms with E-state index in [-0.39, 0.29) is 24.9 Å². The molecular formula is C27H36O5. The summed E-state index contributed by atoms with van der Waals surface area (Å²) in [5.74, 6) is 0.917. The summed E-state index contributed by atoms with van der Waals surface area (Å²) in [6.45, 7) is 2.06. The number of ether oxygens (including phenoxy) is 3. The van der Waals surface area contributed by atoms with Crippen molar-refractivity contribution in [2.24, 2.45) is 0 Å². The highest BCUT2D eigenvalue weighted by atomic mass is 16.5. The molecule has 1 aliphatic heterocycles. The van der Waals surface area contributed by atoms with Crippen LogP contribution in [0.4, 0.5) is 0 Å². The number of aliphatic hydroxyl groups is 2. The average molecular weight is 441 g/mol. The quantitative estimate of drug-likeness (QED) is 0.664. The standard InChI is InChI=1S/C27H36O5/c1-18-6-9-20(27-15-22(29)14-26(17-28)32-27)13-21(18)12-19-7-10-23(11-8-19)31-25-5-3-4-24(16-25)30-2/h6-11,13,22,24-29H,3-5,12,14-17H2,1-2H3/t22?,24?,25?,26-,27+/m0/s1. The summed E-state index contributed by atoms with van der Waals surface area (Å²) in [7, 11) is 1.78. The molecule has 174 valence electrons. The van der Waals surface area contributed by atoms with Crippen LogP contribution in [0.2, 0.25) is 0 Å². The van der Waals surface area contributed by atoms with E-state index in [1.807, 2.05) is 0 Å². The lowest BCUT2D eigenvalue weighted by molar-refractivity contribution is -0.113.